The molecular formula is C18H21N3O3. The monoisotopic (exact) mass is 327 g/mol. The molecule has 1 fully saturated rings. The number of carbonyl (C=O) groups excluding carboxylic acids is 3. The predicted molar refractivity (Wildman–Crippen MR) is 89.0 cm³/mol. The van der Waals surface area contributed by atoms with Crippen LogP contribution in [0.15, 0.2) is 12.1 Å². The van der Waals surface area contributed by atoms with Crippen LogP contribution in [-0.2, 0) is 22.4 Å². The Kier molecular flexibility index (Phi) is 3.75. The Bertz CT molecular complexity index is 690. The molecule has 24 heavy (non-hydrogen) atoms. The van der Waals surface area contributed by atoms with Crippen LogP contribution in [0, 0.1) is 0 Å². The summed E-state index contributed by atoms with van der Waals surface area (Å²) in [5, 5.41) is 0. The fraction of sp³-hybridized carbons (Fsp3) is 0.500. The third-order valence-electron chi connectivity index (χ3n) is 5.27. The molecular weight excluding hydrogens is 306 g/mol. The predicted octanol–water partition coefficient (Wildman–Crippen LogP) is 0.826. The van der Waals surface area contributed by atoms with Gasteiger partial charge in [-0.05, 0) is 42.5 Å². The van der Waals surface area contributed by atoms with Crippen LogP contribution in [0.1, 0.15) is 34.3 Å². The largest absolute Gasteiger partial charge is 0.342 e. The first kappa shape index (κ1) is 15.2. The highest BCUT2D eigenvalue weighted by Crippen LogP contribution is 2.36. The molecule has 0 aromatic heterocycles. The highest BCUT2D eigenvalue weighted by molar-refractivity contribution is 6.00. The van der Waals surface area contributed by atoms with Crippen molar-refractivity contribution in [3.05, 3.63) is 28.8 Å². The lowest BCUT2D eigenvalue weighted by Gasteiger charge is -2.36. The molecule has 0 atom stereocenters. The fourth-order valence-electron chi connectivity index (χ4n) is 3.99. The number of carbonyl (C=O) groups is 3. The van der Waals surface area contributed by atoms with E-state index in [1.54, 1.807) is 4.90 Å². The Labute approximate surface area is 141 Å². The summed E-state index contributed by atoms with van der Waals surface area (Å²) in [5.41, 5.74) is 4.03. The smallest absolute Gasteiger partial charge is 0.253 e. The standard InChI is InChI=1S/C18H21N3O3/c22-12-19-6-8-20(9-7-19)18(24)15-10-13-2-1-5-21-16(23)4-3-14(11-15)17(13)21/h10-12H,1-9H2. The Morgan fingerprint density at radius 3 is 2.38 bits per heavy atom. The van der Waals surface area contributed by atoms with Crippen molar-refractivity contribution < 1.29 is 14.4 Å². The minimum Gasteiger partial charge on any atom is -0.342 e. The van der Waals surface area contributed by atoms with Crippen molar-refractivity contribution in [2.24, 2.45) is 0 Å². The number of amides is 3. The molecule has 3 aliphatic rings. The van der Waals surface area contributed by atoms with E-state index in [2.05, 4.69) is 0 Å². The van der Waals surface area contributed by atoms with Crippen molar-refractivity contribution in [2.45, 2.75) is 25.7 Å². The van der Waals surface area contributed by atoms with E-state index in [0.717, 1.165) is 54.6 Å². The SMILES string of the molecule is O=CN1CCN(C(=O)c2cc3c4c(c2)CCC(=O)N4CCC3)CC1. The van der Waals surface area contributed by atoms with Gasteiger partial charge in [-0.15, -0.1) is 0 Å². The lowest BCUT2D eigenvalue weighted by molar-refractivity contribution is -0.120. The number of hydrogen-bond donors (Lipinski definition) is 0. The van der Waals surface area contributed by atoms with E-state index in [1.807, 2.05) is 21.9 Å². The summed E-state index contributed by atoms with van der Waals surface area (Å²) >= 11 is 0. The van der Waals surface area contributed by atoms with Gasteiger partial charge in [0.05, 0.1) is 5.69 Å². The molecule has 3 heterocycles. The van der Waals surface area contributed by atoms with Gasteiger partial charge in [0.25, 0.3) is 5.91 Å². The zero-order valence-corrected chi connectivity index (χ0v) is 13.7. The first-order valence-corrected chi connectivity index (χ1v) is 8.62. The Hall–Kier alpha value is -2.37. The molecule has 3 amide bonds. The first-order chi connectivity index (χ1) is 11.7. The minimum atomic E-state index is 0.0358. The Morgan fingerprint density at radius 2 is 1.67 bits per heavy atom. The molecule has 1 aromatic carbocycles. The lowest BCUT2D eigenvalue weighted by atomic mass is 9.89. The van der Waals surface area contributed by atoms with Crippen LogP contribution in [0.25, 0.3) is 0 Å². The van der Waals surface area contributed by atoms with E-state index in [0.29, 0.717) is 32.6 Å². The van der Waals surface area contributed by atoms with Gasteiger partial charge in [0.1, 0.15) is 0 Å². The average molecular weight is 327 g/mol. The van der Waals surface area contributed by atoms with Crippen LogP contribution in [0.3, 0.4) is 0 Å². The van der Waals surface area contributed by atoms with E-state index in [4.69, 9.17) is 0 Å². The number of aryl methyl sites for hydroxylation is 2. The molecule has 126 valence electrons. The van der Waals surface area contributed by atoms with Crippen molar-refractivity contribution in [1.82, 2.24) is 9.80 Å². The molecule has 3 aliphatic heterocycles. The Morgan fingerprint density at radius 1 is 0.958 bits per heavy atom. The van der Waals surface area contributed by atoms with E-state index in [-0.39, 0.29) is 11.8 Å². The third kappa shape index (κ3) is 2.46. The molecule has 0 unspecified atom stereocenters. The van der Waals surface area contributed by atoms with Crippen molar-refractivity contribution >= 4 is 23.9 Å². The summed E-state index contributed by atoms with van der Waals surface area (Å²) in [6, 6.07) is 3.94. The number of hydrogen-bond acceptors (Lipinski definition) is 3. The summed E-state index contributed by atoms with van der Waals surface area (Å²) in [5.74, 6) is 0.237. The van der Waals surface area contributed by atoms with Crippen LogP contribution < -0.4 is 4.90 Å². The summed E-state index contributed by atoms with van der Waals surface area (Å²) in [7, 11) is 0. The number of piperazine rings is 1. The second-order valence-corrected chi connectivity index (χ2v) is 6.73. The van der Waals surface area contributed by atoms with E-state index >= 15 is 0 Å². The molecule has 0 aliphatic carbocycles. The number of rotatable bonds is 2. The van der Waals surface area contributed by atoms with Crippen LogP contribution >= 0.6 is 0 Å². The van der Waals surface area contributed by atoms with Crippen LogP contribution in [0.4, 0.5) is 5.69 Å². The molecule has 0 radical (unpaired) electrons. The van der Waals surface area contributed by atoms with Gasteiger partial charge in [-0.3, -0.25) is 14.4 Å². The first-order valence-electron chi connectivity index (χ1n) is 8.62. The highest BCUT2D eigenvalue weighted by atomic mass is 16.2. The average Bonchev–Trinajstić information content (AvgIpc) is 2.64. The number of anilines is 1. The van der Waals surface area contributed by atoms with Gasteiger partial charge in [0.2, 0.25) is 12.3 Å². The molecule has 1 aromatic rings. The maximum Gasteiger partial charge on any atom is 0.253 e. The van der Waals surface area contributed by atoms with E-state index in [9.17, 15) is 14.4 Å². The molecule has 0 spiro atoms. The second-order valence-electron chi connectivity index (χ2n) is 6.73. The number of nitrogens with zero attached hydrogens (tertiary/aromatic N) is 3. The molecule has 0 N–H and O–H groups in total. The normalized spacial score (nSPS) is 20.0. The quantitative estimate of drug-likeness (QED) is 0.756. The van der Waals surface area contributed by atoms with Gasteiger partial charge >= 0.3 is 0 Å². The maximum absolute atomic E-state index is 12.9. The van der Waals surface area contributed by atoms with E-state index < -0.39 is 0 Å². The van der Waals surface area contributed by atoms with Crippen molar-refractivity contribution in [1.29, 1.82) is 0 Å². The fourth-order valence-corrected chi connectivity index (χ4v) is 3.99. The molecule has 4 rings (SSSR count). The van der Waals surface area contributed by atoms with Gasteiger partial charge in [-0.25, -0.2) is 0 Å². The topological polar surface area (TPSA) is 60.9 Å². The minimum absolute atomic E-state index is 0.0358. The second kappa shape index (κ2) is 5.92. The van der Waals surface area contributed by atoms with Gasteiger partial charge in [-0.2, -0.15) is 0 Å². The summed E-state index contributed by atoms with van der Waals surface area (Å²) in [6.45, 7) is 3.13. The molecule has 6 heteroatoms. The van der Waals surface area contributed by atoms with Gasteiger partial charge in [-0.1, -0.05) is 0 Å². The third-order valence-corrected chi connectivity index (χ3v) is 5.27. The van der Waals surface area contributed by atoms with Crippen molar-refractivity contribution in [3.63, 3.8) is 0 Å². The van der Waals surface area contributed by atoms with Crippen molar-refractivity contribution in [3.8, 4) is 0 Å². The lowest BCUT2D eigenvalue weighted by Crippen LogP contribution is -2.48. The molecule has 1 saturated heterocycles. The van der Waals surface area contributed by atoms with Crippen LogP contribution in [0.5, 0.6) is 0 Å². The van der Waals surface area contributed by atoms with Gasteiger partial charge < -0.3 is 14.7 Å². The van der Waals surface area contributed by atoms with E-state index in [1.165, 1.54) is 0 Å². The van der Waals surface area contributed by atoms with Crippen LogP contribution in [0.2, 0.25) is 0 Å². The summed E-state index contributed by atoms with van der Waals surface area (Å²) in [6.07, 6.45) is 3.97. The molecule has 0 bridgehead atoms. The summed E-state index contributed by atoms with van der Waals surface area (Å²) in [4.78, 5) is 41.2. The van der Waals surface area contributed by atoms with Gasteiger partial charge in [0, 0.05) is 44.7 Å². The zero-order chi connectivity index (χ0) is 16.7. The molecule has 6 nitrogen and oxygen atoms in total. The van der Waals surface area contributed by atoms with Crippen molar-refractivity contribution in [2.75, 3.05) is 37.6 Å². The number of benzene rings is 1. The summed E-state index contributed by atoms with van der Waals surface area (Å²) < 4.78 is 0. The zero-order valence-electron chi connectivity index (χ0n) is 13.7. The Balaban J connectivity index is 1.62. The van der Waals surface area contributed by atoms with Gasteiger partial charge in [0.15, 0.2) is 0 Å². The molecule has 0 saturated carbocycles. The maximum atomic E-state index is 12.9. The highest BCUT2D eigenvalue weighted by Gasteiger charge is 2.31. The van der Waals surface area contributed by atoms with Crippen LogP contribution in [-0.4, -0.2) is 60.7 Å².